The van der Waals surface area contributed by atoms with E-state index >= 15 is 0 Å². The normalized spacial score (nSPS) is 24.1. The van der Waals surface area contributed by atoms with Crippen LogP contribution in [0.3, 0.4) is 0 Å². The van der Waals surface area contributed by atoms with Crippen LogP contribution in [0.4, 0.5) is 0 Å². The third-order valence-electron chi connectivity index (χ3n) is 4.57. The maximum Gasteiger partial charge on any atom is 0.253 e. The molecule has 0 saturated carbocycles. The molecular weight excluding hydrogens is 272 g/mol. The number of rotatable bonds is 2. The smallest absolute Gasteiger partial charge is 0.253 e. The SMILES string of the molecule is O=C(c1cccc(Cl)c1)N1CCC(C2CCCN2)CC1. The molecule has 1 aromatic rings. The van der Waals surface area contributed by atoms with Crippen LogP contribution in [-0.4, -0.2) is 36.5 Å². The molecule has 20 heavy (non-hydrogen) atoms. The van der Waals surface area contributed by atoms with Crippen LogP contribution in [-0.2, 0) is 0 Å². The first kappa shape index (κ1) is 13.9. The molecule has 0 spiro atoms. The van der Waals surface area contributed by atoms with Crippen molar-refractivity contribution in [3.63, 3.8) is 0 Å². The zero-order chi connectivity index (χ0) is 13.9. The van der Waals surface area contributed by atoms with Crippen molar-refractivity contribution in [3.05, 3.63) is 34.9 Å². The van der Waals surface area contributed by atoms with Crippen LogP contribution in [0, 0.1) is 5.92 Å². The van der Waals surface area contributed by atoms with Gasteiger partial charge < -0.3 is 10.2 Å². The van der Waals surface area contributed by atoms with Gasteiger partial charge in [0.15, 0.2) is 0 Å². The lowest BCUT2D eigenvalue weighted by Crippen LogP contribution is -2.43. The van der Waals surface area contributed by atoms with E-state index in [4.69, 9.17) is 11.6 Å². The van der Waals surface area contributed by atoms with Gasteiger partial charge >= 0.3 is 0 Å². The highest BCUT2D eigenvalue weighted by atomic mass is 35.5. The van der Waals surface area contributed by atoms with Gasteiger partial charge in [-0.25, -0.2) is 0 Å². The summed E-state index contributed by atoms with van der Waals surface area (Å²) in [6, 6.07) is 7.92. The standard InChI is InChI=1S/C16H21ClN2O/c17-14-4-1-3-13(11-14)16(20)19-9-6-12(7-10-19)15-5-2-8-18-15/h1,3-4,11-12,15,18H,2,5-10H2. The van der Waals surface area contributed by atoms with Crippen LogP contribution in [0.5, 0.6) is 0 Å². The van der Waals surface area contributed by atoms with Crippen molar-refractivity contribution in [2.24, 2.45) is 5.92 Å². The number of nitrogens with zero attached hydrogens (tertiary/aromatic N) is 1. The first-order valence-electron chi connectivity index (χ1n) is 7.52. The molecule has 0 radical (unpaired) electrons. The Morgan fingerprint density at radius 3 is 2.70 bits per heavy atom. The summed E-state index contributed by atoms with van der Waals surface area (Å²) in [4.78, 5) is 14.4. The van der Waals surface area contributed by atoms with Crippen molar-refractivity contribution in [2.75, 3.05) is 19.6 Å². The Kier molecular flexibility index (Phi) is 4.27. The van der Waals surface area contributed by atoms with Crippen molar-refractivity contribution < 1.29 is 4.79 Å². The van der Waals surface area contributed by atoms with Gasteiger partial charge in [0.05, 0.1) is 0 Å². The molecule has 1 atom stereocenters. The molecular formula is C16H21ClN2O. The Bertz CT molecular complexity index is 477. The lowest BCUT2D eigenvalue weighted by molar-refractivity contribution is 0.0674. The van der Waals surface area contributed by atoms with Crippen LogP contribution in [0.15, 0.2) is 24.3 Å². The van der Waals surface area contributed by atoms with Crippen molar-refractivity contribution >= 4 is 17.5 Å². The van der Waals surface area contributed by atoms with Gasteiger partial charge in [-0.3, -0.25) is 4.79 Å². The summed E-state index contributed by atoms with van der Waals surface area (Å²) in [5.41, 5.74) is 0.704. The van der Waals surface area contributed by atoms with Gasteiger partial charge in [-0.1, -0.05) is 17.7 Å². The second-order valence-corrected chi connectivity index (χ2v) is 6.28. The Balaban J connectivity index is 1.58. The summed E-state index contributed by atoms with van der Waals surface area (Å²) >= 11 is 5.96. The first-order valence-corrected chi connectivity index (χ1v) is 7.90. The molecule has 2 aliphatic heterocycles. The first-order chi connectivity index (χ1) is 9.74. The molecule has 1 amide bonds. The van der Waals surface area contributed by atoms with E-state index < -0.39 is 0 Å². The van der Waals surface area contributed by atoms with Gasteiger partial charge in [-0.15, -0.1) is 0 Å². The monoisotopic (exact) mass is 292 g/mol. The highest BCUT2D eigenvalue weighted by Crippen LogP contribution is 2.26. The van der Waals surface area contributed by atoms with Crippen molar-refractivity contribution in [1.82, 2.24) is 10.2 Å². The summed E-state index contributed by atoms with van der Waals surface area (Å²) in [5.74, 6) is 0.853. The molecule has 2 saturated heterocycles. The summed E-state index contributed by atoms with van der Waals surface area (Å²) in [6.45, 7) is 2.90. The van der Waals surface area contributed by atoms with Gasteiger partial charge in [0, 0.05) is 29.7 Å². The van der Waals surface area contributed by atoms with E-state index in [1.54, 1.807) is 12.1 Å². The number of piperidine rings is 1. The third kappa shape index (κ3) is 2.99. The molecule has 4 heteroatoms. The molecule has 1 N–H and O–H groups in total. The van der Waals surface area contributed by atoms with E-state index in [1.165, 1.54) is 12.8 Å². The number of benzene rings is 1. The zero-order valence-electron chi connectivity index (χ0n) is 11.6. The maximum atomic E-state index is 12.4. The second kappa shape index (κ2) is 6.15. The molecule has 0 aliphatic carbocycles. The predicted octanol–water partition coefficient (Wildman–Crippen LogP) is 2.94. The third-order valence-corrected chi connectivity index (χ3v) is 4.80. The van der Waals surface area contributed by atoms with E-state index in [0.717, 1.165) is 38.4 Å². The molecule has 3 rings (SSSR count). The van der Waals surface area contributed by atoms with E-state index in [2.05, 4.69) is 5.32 Å². The zero-order valence-corrected chi connectivity index (χ0v) is 12.4. The number of nitrogens with one attached hydrogen (secondary N) is 1. The Morgan fingerprint density at radius 1 is 1.25 bits per heavy atom. The van der Waals surface area contributed by atoms with E-state index in [9.17, 15) is 4.79 Å². The second-order valence-electron chi connectivity index (χ2n) is 5.84. The minimum atomic E-state index is 0.116. The Morgan fingerprint density at radius 2 is 2.05 bits per heavy atom. The van der Waals surface area contributed by atoms with Gasteiger partial charge in [0.1, 0.15) is 0 Å². The van der Waals surface area contributed by atoms with Crippen LogP contribution in [0.25, 0.3) is 0 Å². The largest absolute Gasteiger partial charge is 0.339 e. The highest BCUT2D eigenvalue weighted by molar-refractivity contribution is 6.30. The minimum absolute atomic E-state index is 0.116. The minimum Gasteiger partial charge on any atom is -0.339 e. The van der Waals surface area contributed by atoms with Crippen LogP contribution in [0.2, 0.25) is 5.02 Å². The van der Waals surface area contributed by atoms with Gasteiger partial charge in [0.25, 0.3) is 5.91 Å². The van der Waals surface area contributed by atoms with Crippen LogP contribution >= 0.6 is 11.6 Å². The summed E-state index contributed by atoms with van der Waals surface area (Å²) in [7, 11) is 0. The number of carbonyl (C=O) groups excluding carboxylic acids is 1. The highest BCUT2D eigenvalue weighted by Gasteiger charge is 2.30. The molecule has 0 bridgehead atoms. The fraction of sp³-hybridized carbons (Fsp3) is 0.562. The van der Waals surface area contributed by atoms with Crippen molar-refractivity contribution in [2.45, 2.75) is 31.7 Å². The maximum absolute atomic E-state index is 12.4. The van der Waals surface area contributed by atoms with Crippen molar-refractivity contribution in [1.29, 1.82) is 0 Å². The molecule has 2 fully saturated rings. The molecule has 2 heterocycles. The summed E-state index contributed by atoms with van der Waals surface area (Å²) < 4.78 is 0. The number of likely N-dealkylation sites (tertiary alicyclic amines) is 1. The van der Waals surface area contributed by atoms with Crippen molar-refractivity contribution in [3.8, 4) is 0 Å². The number of hydrogen-bond donors (Lipinski definition) is 1. The average Bonchev–Trinajstić information content (AvgIpc) is 3.01. The molecule has 2 aliphatic rings. The topological polar surface area (TPSA) is 32.3 Å². The van der Waals surface area contributed by atoms with Crippen LogP contribution in [0.1, 0.15) is 36.0 Å². The van der Waals surface area contributed by atoms with Gasteiger partial charge in [-0.2, -0.15) is 0 Å². The van der Waals surface area contributed by atoms with Gasteiger partial charge in [-0.05, 0) is 56.3 Å². The number of amides is 1. The molecule has 1 unspecified atom stereocenters. The van der Waals surface area contributed by atoms with Gasteiger partial charge in [0.2, 0.25) is 0 Å². The lowest BCUT2D eigenvalue weighted by Gasteiger charge is -2.35. The fourth-order valence-electron chi connectivity index (χ4n) is 3.42. The quantitative estimate of drug-likeness (QED) is 0.909. The van der Waals surface area contributed by atoms with E-state index in [0.29, 0.717) is 16.6 Å². The Hall–Kier alpha value is -1.06. The predicted molar refractivity (Wildman–Crippen MR) is 81.1 cm³/mol. The van der Waals surface area contributed by atoms with Crippen LogP contribution < -0.4 is 5.32 Å². The average molecular weight is 293 g/mol. The number of halogens is 1. The lowest BCUT2D eigenvalue weighted by atomic mass is 9.88. The molecule has 0 aromatic heterocycles. The molecule has 108 valence electrons. The van der Waals surface area contributed by atoms with E-state index in [-0.39, 0.29) is 5.91 Å². The number of carbonyl (C=O) groups is 1. The molecule has 1 aromatic carbocycles. The summed E-state index contributed by atoms with van der Waals surface area (Å²) in [5, 5.41) is 4.21. The Labute approximate surface area is 125 Å². The molecule has 3 nitrogen and oxygen atoms in total. The number of hydrogen-bond acceptors (Lipinski definition) is 2. The van der Waals surface area contributed by atoms with E-state index in [1.807, 2.05) is 17.0 Å². The fourth-order valence-corrected chi connectivity index (χ4v) is 3.61. The summed E-state index contributed by atoms with van der Waals surface area (Å²) in [6.07, 6.45) is 4.83.